The number of allylic oxidation sites excluding steroid dienone is 1. The lowest BCUT2D eigenvalue weighted by Gasteiger charge is -2.22. The molecule has 0 radical (unpaired) electrons. The van der Waals surface area contributed by atoms with Gasteiger partial charge in [0.05, 0.1) is 5.70 Å². The van der Waals surface area contributed by atoms with Crippen molar-refractivity contribution in [2.45, 2.75) is 45.1 Å². The Morgan fingerprint density at radius 1 is 1.21 bits per heavy atom. The predicted molar refractivity (Wildman–Crippen MR) is 131 cm³/mol. The van der Waals surface area contributed by atoms with Crippen LogP contribution in [0.25, 0.3) is 0 Å². The summed E-state index contributed by atoms with van der Waals surface area (Å²) in [5, 5.41) is 9.02. The summed E-state index contributed by atoms with van der Waals surface area (Å²) in [6.07, 6.45) is 11.2. The molecule has 0 saturated heterocycles. The quantitative estimate of drug-likeness (QED) is 0.438. The highest BCUT2D eigenvalue weighted by Gasteiger charge is 2.27. The molecule has 8 nitrogen and oxygen atoms in total. The summed E-state index contributed by atoms with van der Waals surface area (Å²) in [7, 11) is 1.60. The number of benzene rings is 1. The van der Waals surface area contributed by atoms with Crippen LogP contribution < -0.4 is 21.7 Å². The summed E-state index contributed by atoms with van der Waals surface area (Å²) in [4.78, 5) is 34.1. The molecule has 1 aliphatic rings. The Kier molecular flexibility index (Phi) is 8.57. The first-order chi connectivity index (χ1) is 16.0. The molecule has 0 spiro atoms. The third-order valence-electron chi connectivity index (χ3n) is 5.84. The maximum Gasteiger partial charge on any atom is 0.252 e. The topological polar surface area (TPSA) is 121 Å². The zero-order valence-corrected chi connectivity index (χ0v) is 19.2. The first kappa shape index (κ1) is 24.0. The van der Waals surface area contributed by atoms with E-state index in [0.29, 0.717) is 23.6 Å². The lowest BCUT2D eigenvalue weighted by molar-refractivity contribution is -0.122. The van der Waals surface area contributed by atoms with Crippen molar-refractivity contribution in [2.75, 3.05) is 12.4 Å². The van der Waals surface area contributed by atoms with Crippen molar-refractivity contribution in [3.05, 3.63) is 65.7 Å². The van der Waals surface area contributed by atoms with Crippen molar-refractivity contribution in [3.63, 3.8) is 0 Å². The molecule has 2 aromatic rings. The molecule has 0 aliphatic heterocycles. The monoisotopic (exact) mass is 448 g/mol. The third-order valence-corrected chi connectivity index (χ3v) is 5.84. The Labute approximate surface area is 194 Å². The minimum Gasteiger partial charge on any atom is -0.403 e. The molecule has 5 N–H and O–H groups in total. The number of rotatable bonds is 9. The van der Waals surface area contributed by atoms with Gasteiger partial charge in [-0.25, -0.2) is 0 Å². The minimum atomic E-state index is -0.668. The highest BCUT2D eigenvalue weighted by Crippen LogP contribution is 2.29. The summed E-state index contributed by atoms with van der Waals surface area (Å²) in [6.45, 7) is 1.97. The maximum absolute atomic E-state index is 13.1. The molecular weight excluding hydrogens is 416 g/mol. The van der Waals surface area contributed by atoms with Crippen LogP contribution in [0.5, 0.6) is 0 Å². The first-order valence-corrected chi connectivity index (χ1v) is 11.2. The van der Waals surface area contributed by atoms with Crippen LogP contribution in [0, 0.1) is 12.8 Å². The van der Waals surface area contributed by atoms with Crippen LogP contribution in [0.1, 0.15) is 48.0 Å². The van der Waals surface area contributed by atoms with Gasteiger partial charge in [-0.2, -0.15) is 0 Å². The zero-order chi connectivity index (χ0) is 23.6. The maximum atomic E-state index is 13.1. The number of nitrogens with zero attached hydrogens (tertiary/aromatic N) is 2. The molecular formula is C25H32N6O2. The van der Waals surface area contributed by atoms with Gasteiger partial charge in [0.15, 0.2) is 0 Å². The van der Waals surface area contributed by atoms with E-state index in [-0.39, 0.29) is 11.8 Å². The van der Waals surface area contributed by atoms with Gasteiger partial charge in [-0.05, 0) is 49.1 Å². The fourth-order valence-electron chi connectivity index (χ4n) is 4.03. The summed E-state index contributed by atoms with van der Waals surface area (Å²) < 4.78 is 0. The largest absolute Gasteiger partial charge is 0.403 e. The summed E-state index contributed by atoms with van der Waals surface area (Å²) in [5.41, 5.74) is 9.16. The number of hydrogen-bond acceptors (Lipinski definition) is 6. The summed E-state index contributed by atoms with van der Waals surface area (Å²) in [6, 6.07) is 8.50. The summed E-state index contributed by atoms with van der Waals surface area (Å²) >= 11 is 0. The zero-order valence-electron chi connectivity index (χ0n) is 19.2. The van der Waals surface area contributed by atoms with E-state index in [1.165, 1.54) is 12.4 Å². The average Bonchev–Trinajstić information content (AvgIpc) is 3.33. The summed E-state index contributed by atoms with van der Waals surface area (Å²) in [5.74, 6) is -0.185. The molecule has 3 rings (SSSR count). The van der Waals surface area contributed by atoms with Gasteiger partial charge in [0, 0.05) is 48.8 Å². The van der Waals surface area contributed by atoms with Gasteiger partial charge < -0.3 is 21.7 Å². The molecule has 1 saturated carbocycles. The lowest BCUT2D eigenvalue weighted by Crippen LogP contribution is -2.47. The Balaban J connectivity index is 1.76. The first-order valence-electron chi connectivity index (χ1n) is 11.2. The van der Waals surface area contributed by atoms with Gasteiger partial charge in [-0.3, -0.25) is 19.6 Å². The standard InChI is InChI=1S/C25H32N6O2/c1-17-7-8-19(14-22(17)29-20-9-11-28-12-10-20)24(32)31-23(13-18-5-3-4-6-18)25(33)30-21(15-26)16-27-2/h7-12,14-16,18,23H,3-6,13,26H2,1-2H3,(H,28,29)(H,30,33)(H,31,32)/b21-15+,27-16?. The fourth-order valence-corrected chi connectivity index (χ4v) is 4.03. The van der Waals surface area contributed by atoms with Crippen molar-refractivity contribution in [1.29, 1.82) is 0 Å². The SMILES string of the molecule is CN=C/C(=C\N)NC(=O)C(CC1CCCC1)NC(=O)c1ccc(C)c(Nc2ccncc2)c1. The van der Waals surface area contributed by atoms with Crippen LogP contribution >= 0.6 is 0 Å². The number of pyridine rings is 1. The number of nitrogens with one attached hydrogen (secondary N) is 3. The third kappa shape index (κ3) is 6.90. The molecule has 2 amide bonds. The van der Waals surface area contributed by atoms with E-state index >= 15 is 0 Å². The minimum absolute atomic E-state index is 0.297. The smallest absolute Gasteiger partial charge is 0.252 e. The highest BCUT2D eigenvalue weighted by atomic mass is 16.2. The van der Waals surface area contributed by atoms with E-state index < -0.39 is 6.04 Å². The van der Waals surface area contributed by atoms with E-state index in [1.54, 1.807) is 31.6 Å². The number of nitrogens with two attached hydrogens (primary N) is 1. The van der Waals surface area contributed by atoms with E-state index in [4.69, 9.17) is 5.73 Å². The molecule has 0 bridgehead atoms. The molecule has 1 heterocycles. The number of aromatic nitrogens is 1. The molecule has 1 unspecified atom stereocenters. The van der Waals surface area contributed by atoms with E-state index in [2.05, 4.69) is 25.9 Å². The van der Waals surface area contributed by atoms with Crippen LogP contribution in [-0.2, 0) is 4.79 Å². The number of carbonyl (C=O) groups excluding carboxylic acids is 2. The molecule has 8 heteroatoms. The van der Waals surface area contributed by atoms with Crippen molar-refractivity contribution in [2.24, 2.45) is 16.6 Å². The van der Waals surface area contributed by atoms with Crippen molar-refractivity contribution in [1.82, 2.24) is 15.6 Å². The molecule has 174 valence electrons. The number of aliphatic imine (C=N–C) groups is 1. The highest BCUT2D eigenvalue weighted by molar-refractivity contribution is 5.99. The lowest BCUT2D eigenvalue weighted by atomic mass is 9.97. The number of aryl methyl sites for hydroxylation is 1. The number of amides is 2. The van der Waals surface area contributed by atoms with Gasteiger partial charge in [-0.1, -0.05) is 31.7 Å². The normalized spacial score (nSPS) is 15.4. The number of hydrogen-bond donors (Lipinski definition) is 4. The molecule has 1 aliphatic carbocycles. The van der Waals surface area contributed by atoms with Gasteiger partial charge >= 0.3 is 0 Å². The second-order valence-electron chi connectivity index (χ2n) is 8.30. The molecule has 33 heavy (non-hydrogen) atoms. The predicted octanol–water partition coefficient (Wildman–Crippen LogP) is 3.43. The van der Waals surface area contributed by atoms with Crippen LogP contribution in [0.3, 0.4) is 0 Å². The van der Waals surface area contributed by atoms with Crippen LogP contribution in [0.15, 0.2) is 59.6 Å². The van der Waals surface area contributed by atoms with Gasteiger partial charge in [0.25, 0.3) is 5.91 Å². The molecule has 1 aromatic carbocycles. The van der Waals surface area contributed by atoms with Crippen molar-refractivity contribution < 1.29 is 9.59 Å². The van der Waals surface area contributed by atoms with Gasteiger partial charge in [0.1, 0.15) is 6.04 Å². The second kappa shape index (κ2) is 11.8. The number of carbonyl (C=O) groups is 2. The van der Waals surface area contributed by atoms with E-state index in [1.807, 2.05) is 25.1 Å². The molecule has 1 aromatic heterocycles. The number of anilines is 2. The molecule has 1 atom stereocenters. The van der Waals surface area contributed by atoms with Gasteiger partial charge in [0.2, 0.25) is 5.91 Å². The Morgan fingerprint density at radius 2 is 1.94 bits per heavy atom. The molecule has 1 fully saturated rings. The Morgan fingerprint density at radius 3 is 2.61 bits per heavy atom. The Bertz CT molecular complexity index is 1010. The van der Waals surface area contributed by atoms with E-state index in [0.717, 1.165) is 42.6 Å². The van der Waals surface area contributed by atoms with Crippen LogP contribution in [-0.4, -0.2) is 36.1 Å². The van der Waals surface area contributed by atoms with Crippen LogP contribution in [0.2, 0.25) is 0 Å². The van der Waals surface area contributed by atoms with Crippen LogP contribution in [0.4, 0.5) is 11.4 Å². The second-order valence-corrected chi connectivity index (χ2v) is 8.30. The van der Waals surface area contributed by atoms with Crippen molar-refractivity contribution >= 4 is 29.4 Å². The van der Waals surface area contributed by atoms with Crippen molar-refractivity contribution in [3.8, 4) is 0 Å². The Hall–Kier alpha value is -3.68. The fraction of sp³-hybridized carbons (Fsp3) is 0.360. The van der Waals surface area contributed by atoms with Gasteiger partial charge in [-0.15, -0.1) is 0 Å². The average molecular weight is 449 g/mol. The van der Waals surface area contributed by atoms with E-state index in [9.17, 15) is 9.59 Å².